The molecule has 0 saturated carbocycles. The molecule has 0 bridgehead atoms. The summed E-state index contributed by atoms with van der Waals surface area (Å²) >= 11 is 1.28. The minimum Gasteiger partial charge on any atom is -0.350 e. The van der Waals surface area contributed by atoms with Gasteiger partial charge in [0.25, 0.3) is 5.91 Å². The van der Waals surface area contributed by atoms with Gasteiger partial charge in [-0.15, -0.1) is 0 Å². The van der Waals surface area contributed by atoms with Crippen molar-refractivity contribution in [3.8, 4) is 0 Å². The molecule has 11 heavy (non-hydrogen) atoms. The van der Waals surface area contributed by atoms with Crippen LogP contribution in [0.2, 0.25) is 0 Å². The van der Waals surface area contributed by atoms with Gasteiger partial charge >= 0.3 is 0 Å². The van der Waals surface area contributed by atoms with E-state index in [0.29, 0.717) is 5.56 Å². The highest BCUT2D eigenvalue weighted by atomic mass is 32.1. The van der Waals surface area contributed by atoms with E-state index in [0.717, 1.165) is 0 Å². The molecule has 1 N–H and O–H groups in total. The van der Waals surface area contributed by atoms with Gasteiger partial charge in [0.15, 0.2) is 0 Å². The molecule has 0 unspecified atom stereocenters. The van der Waals surface area contributed by atoms with Gasteiger partial charge in [-0.25, -0.2) is 4.37 Å². The lowest BCUT2D eigenvalue weighted by Crippen LogP contribution is -2.29. The molecule has 0 atom stereocenters. The number of carbonyl (C=O) groups is 1. The van der Waals surface area contributed by atoms with E-state index in [1.165, 1.54) is 11.5 Å². The van der Waals surface area contributed by atoms with Crippen molar-refractivity contribution in [2.24, 2.45) is 0 Å². The molecule has 0 radical (unpaired) electrons. The second-order valence-corrected chi connectivity index (χ2v) is 3.20. The highest BCUT2D eigenvalue weighted by molar-refractivity contribution is 7.03. The number of nitrogens with one attached hydrogen (secondary N) is 1. The van der Waals surface area contributed by atoms with E-state index in [4.69, 9.17) is 0 Å². The fraction of sp³-hybridized carbons (Fsp3) is 0.429. The predicted octanol–water partition coefficient (Wildman–Crippen LogP) is 1.28. The lowest BCUT2D eigenvalue weighted by molar-refractivity contribution is 0.0943. The van der Waals surface area contributed by atoms with E-state index in [9.17, 15) is 4.79 Å². The molecule has 60 valence electrons. The van der Waals surface area contributed by atoms with Crippen molar-refractivity contribution in [1.82, 2.24) is 9.69 Å². The van der Waals surface area contributed by atoms with Gasteiger partial charge in [-0.05, 0) is 25.4 Å². The van der Waals surface area contributed by atoms with E-state index in [1.54, 1.807) is 11.6 Å². The summed E-state index contributed by atoms with van der Waals surface area (Å²) in [6, 6.07) is 0.183. The molecule has 1 amide bonds. The minimum atomic E-state index is -0.0475. The first-order valence-electron chi connectivity index (χ1n) is 3.40. The van der Waals surface area contributed by atoms with Crippen LogP contribution in [0.15, 0.2) is 11.6 Å². The van der Waals surface area contributed by atoms with Crippen LogP contribution in [-0.2, 0) is 0 Å². The Morgan fingerprint density at radius 1 is 1.73 bits per heavy atom. The molecule has 0 spiro atoms. The van der Waals surface area contributed by atoms with Gasteiger partial charge in [-0.3, -0.25) is 4.79 Å². The molecule has 0 fully saturated rings. The van der Waals surface area contributed by atoms with Crippen LogP contribution < -0.4 is 5.32 Å². The molecule has 0 aliphatic carbocycles. The van der Waals surface area contributed by atoms with Crippen LogP contribution in [0, 0.1) is 0 Å². The van der Waals surface area contributed by atoms with Gasteiger partial charge in [-0.1, -0.05) is 0 Å². The summed E-state index contributed by atoms with van der Waals surface area (Å²) in [6.45, 7) is 3.86. The fourth-order valence-corrected chi connectivity index (χ4v) is 1.18. The molecule has 0 aliphatic heterocycles. The predicted molar refractivity (Wildman–Crippen MR) is 44.7 cm³/mol. The molecule has 1 heterocycles. The van der Waals surface area contributed by atoms with Gasteiger partial charge in [-0.2, -0.15) is 0 Å². The minimum absolute atomic E-state index is 0.0475. The van der Waals surface area contributed by atoms with Gasteiger partial charge in [0, 0.05) is 11.4 Å². The average molecular weight is 170 g/mol. The zero-order valence-electron chi connectivity index (χ0n) is 6.50. The lowest BCUT2D eigenvalue weighted by atomic mass is 10.3. The Kier molecular flexibility index (Phi) is 2.59. The summed E-state index contributed by atoms with van der Waals surface area (Å²) < 4.78 is 3.83. The molecule has 4 heteroatoms. The van der Waals surface area contributed by atoms with Crippen molar-refractivity contribution >= 4 is 17.4 Å². The summed E-state index contributed by atoms with van der Waals surface area (Å²) in [4.78, 5) is 11.2. The van der Waals surface area contributed by atoms with Crippen molar-refractivity contribution < 1.29 is 4.79 Å². The maximum Gasteiger partial charge on any atom is 0.253 e. The van der Waals surface area contributed by atoms with Crippen LogP contribution in [0.4, 0.5) is 0 Å². The Hall–Kier alpha value is -0.900. The van der Waals surface area contributed by atoms with E-state index in [2.05, 4.69) is 9.69 Å². The molecule has 0 aromatic carbocycles. The Labute approximate surface area is 69.6 Å². The molecule has 0 saturated heterocycles. The van der Waals surface area contributed by atoms with Gasteiger partial charge in [0.2, 0.25) is 0 Å². The summed E-state index contributed by atoms with van der Waals surface area (Å²) in [5.74, 6) is -0.0475. The third kappa shape index (κ3) is 2.31. The summed E-state index contributed by atoms with van der Waals surface area (Å²) in [5.41, 5.74) is 0.642. The van der Waals surface area contributed by atoms with Crippen LogP contribution in [0.3, 0.4) is 0 Å². The number of carbonyl (C=O) groups excluding carboxylic acids is 1. The molecule has 1 rings (SSSR count). The smallest absolute Gasteiger partial charge is 0.253 e. The normalized spacial score (nSPS) is 10.1. The molecule has 1 aromatic heterocycles. The summed E-state index contributed by atoms with van der Waals surface area (Å²) in [6.07, 6.45) is 1.57. The Morgan fingerprint density at radius 2 is 2.45 bits per heavy atom. The topological polar surface area (TPSA) is 42.0 Å². The van der Waals surface area contributed by atoms with E-state index in [1.807, 2.05) is 13.8 Å². The first kappa shape index (κ1) is 8.20. The highest BCUT2D eigenvalue weighted by Crippen LogP contribution is 2.01. The Bertz CT molecular complexity index is 231. The van der Waals surface area contributed by atoms with E-state index >= 15 is 0 Å². The van der Waals surface area contributed by atoms with Crippen molar-refractivity contribution in [1.29, 1.82) is 0 Å². The third-order valence-corrected chi connectivity index (χ3v) is 1.70. The largest absolute Gasteiger partial charge is 0.350 e. The molecule has 1 aromatic rings. The van der Waals surface area contributed by atoms with Gasteiger partial charge < -0.3 is 5.32 Å². The van der Waals surface area contributed by atoms with Crippen LogP contribution in [0.5, 0.6) is 0 Å². The first-order valence-corrected chi connectivity index (χ1v) is 4.24. The lowest BCUT2D eigenvalue weighted by Gasteiger charge is -2.05. The zero-order valence-corrected chi connectivity index (χ0v) is 7.31. The van der Waals surface area contributed by atoms with E-state index in [-0.39, 0.29) is 11.9 Å². The van der Waals surface area contributed by atoms with Crippen molar-refractivity contribution in [3.05, 3.63) is 17.1 Å². The number of rotatable bonds is 2. The first-order chi connectivity index (χ1) is 5.20. The number of hydrogen-bond acceptors (Lipinski definition) is 3. The number of hydrogen-bond donors (Lipinski definition) is 1. The SMILES string of the molecule is CC(C)NC(=O)c1cnsc1. The van der Waals surface area contributed by atoms with Crippen molar-refractivity contribution in [3.63, 3.8) is 0 Å². The van der Waals surface area contributed by atoms with Crippen LogP contribution in [0.25, 0.3) is 0 Å². The van der Waals surface area contributed by atoms with Crippen LogP contribution in [0.1, 0.15) is 24.2 Å². The van der Waals surface area contributed by atoms with Crippen molar-refractivity contribution in [2.75, 3.05) is 0 Å². The monoisotopic (exact) mass is 170 g/mol. The summed E-state index contributed by atoms with van der Waals surface area (Å²) in [7, 11) is 0. The average Bonchev–Trinajstić information content (AvgIpc) is 2.35. The molecule has 3 nitrogen and oxygen atoms in total. The van der Waals surface area contributed by atoms with Crippen LogP contribution in [-0.4, -0.2) is 16.3 Å². The third-order valence-electron chi connectivity index (χ3n) is 1.11. The van der Waals surface area contributed by atoms with Gasteiger partial charge in [0.05, 0.1) is 11.8 Å². The highest BCUT2D eigenvalue weighted by Gasteiger charge is 2.06. The summed E-state index contributed by atoms with van der Waals surface area (Å²) in [5, 5.41) is 4.51. The molecular weight excluding hydrogens is 160 g/mol. The van der Waals surface area contributed by atoms with Gasteiger partial charge in [0.1, 0.15) is 0 Å². The fourth-order valence-electron chi connectivity index (χ4n) is 0.663. The quantitative estimate of drug-likeness (QED) is 0.726. The van der Waals surface area contributed by atoms with Crippen LogP contribution >= 0.6 is 11.5 Å². The Morgan fingerprint density at radius 3 is 2.91 bits per heavy atom. The number of amides is 1. The number of aromatic nitrogens is 1. The second kappa shape index (κ2) is 3.48. The zero-order chi connectivity index (χ0) is 8.27. The second-order valence-electron chi connectivity index (χ2n) is 2.54. The standard InChI is InChI=1S/C7H10N2OS/c1-5(2)9-7(10)6-3-8-11-4-6/h3-5H,1-2H3,(H,9,10). The van der Waals surface area contributed by atoms with Crippen molar-refractivity contribution in [2.45, 2.75) is 19.9 Å². The Balaban J connectivity index is 2.57. The maximum atomic E-state index is 11.2. The number of nitrogens with zero attached hydrogens (tertiary/aromatic N) is 1. The van der Waals surface area contributed by atoms with E-state index < -0.39 is 0 Å². The molecular formula is C7H10N2OS. The maximum absolute atomic E-state index is 11.2. The molecule has 0 aliphatic rings.